The molecule has 1 aromatic carbocycles. The molecule has 1 aliphatic rings. The number of amides is 1. The molecule has 1 fully saturated rings. The van der Waals surface area contributed by atoms with Gasteiger partial charge < -0.3 is 19.5 Å². The van der Waals surface area contributed by atoms with Crippen molar-refractivity contribution in [3.63, 3.8) is 0 Å². The average molecular weight is 265 g/mol. The summed E-state index contributed by atoms with van der Waals surface area (Å²) in [5.41, 5.74) is 0.623. The molecule has 0 aromatic heterocycles. The van der Waals surface area contributed by atoms with Gasteiger partial charge in [0.15, 0.2) is 0 Å². The summed E-state index contributed by atoms with van der Waals surface area (Å²) < 4.78 is 15.7. The Morgan fingerprint density at radius 1 is 1.37 bits per heavy atom. The van der Waals surface area contributed by atoms with Crippen molar-refractivity contribution < 1.29 is 19.0 Å². The molecule has 0 bridgehead atoms. The third-order valence-corrected chi connectivity index (χ3v) is 3.20. The Labute approximate surface area is 112 Å². The molecule has 1 saturated heterocycles. The quantitative estimate of drug-likeness (QED) is 0.905. The van der Waals surface area contributed by atoms with Gasteiger partial charge in [0.2, 0.25) is 5.91 Å². The topological polar surface area (TPSA) is 56.8 Å². The van der Waals surface area contributed by atoms with Crippen LogP contribution >= 0.6 is 0 Å². The summed E-state index contributed by atoms with van der Waals surface area (Å²) >= 11 is 0. The van der Waals surface area contributed by atoms with Crippen LogP contribution in [0.25, 0.3) is 0 Å². The smallest absolute Gasteiger partial charge is 0.229 e. The van der Waals surface area contributed by atoms with Crippen molar-refractivity contribution in [2.75, 3.05) is 32.8 Å². The molecule has 0 radical (unpaired) electrons. The lowest BCUT2D eigenvalue weighted by Crippen LogP contribution is -2.30. The highest BCUT2D eigenvalue weighted by atomic mass is 16.5. The molecule has 1 N–H and O–H groups in total. The summed E-state index contributed by atoms with van der Waals surface area (Å²) in [6.07, 6.45) is 1.78. The minimum Gasteiger partial charge on any atom is -0.497 e. The molecule has 1 aromatic rings. The normalized spacial score (nSPS) is 18.7. The Bertz CT molecular complexity index is 441. The zero-order chi connectivity index (χ0) is 13.7. The van der Waals surface area contributed by atoms with Gasteiger partial charge in [0.25, 0.3) is 0 Å². The second-order valence-electron chi connectivity index (χ2n) is 4.47. The summed E-state index contributed by atoms with van der Waals surface area (Å²) in [5.74, 6) is 1.16. The molecule has 1 heterocycles. The van der Waals surface area contributed by atoms with Crippen LogP contribution < -0.4 is 14.8 Å². The zero-order valence-electron chi connectivity index (χ0n) is 11.3. The highest BCUT2D eigenvalue weighted by molar-refractivity contribution is 5.94. The van der Waals surface area contributed by atoms with E-state index >= 15 is 0 Å². The second-order valence-corrected chi connectivity index (χ2v) is 4.47. The molecule has 104 valence electrons. The number of rotatable bonds is 4. The van der Waals surface area contributed by atoms with Gasteiger partial charge in [-0.3, -0.25) is 4.79 Å². The summed E-state index contributed by atoms with van der Waals surface area (Å²) in [5, 5.41) is 2.88. The highest BCUT2D eigenvalue weighted by Gasteiger charge is 2.22. The zero-order valence-corrected chi connectivity index (χ0v) is 11.3. The summed E-state index contributed by atoms with van der Waals surface area (Å²) in [4.78, 5) is 12.1. The van der Waals surface area contributed by atoms with E-state index in [1.165, 1.54) is 0 Å². The Hall–Kier alpha value is -1.75. The molecular weight excluding hydrogens is 246 g/mol. The van der Waals surface area contributed by atoms with Crippen LogP contribution in [0.1, 0.15) is 12.8 Å². The first kappa shape index (κ1) is 13.7. The van der Waals surface area contributed by atoms with Crippen molar-refractivity contribution in [2.24, 2.45) is 5.92 Å². The maximum absolute atomic E-state index is 12.1. The van der Waals surface area contributed by atoms with Gasteiger partial charge in [-0.15, -0.1) is 0 Å². The summed E-state index contributed by atoms with van der Waals surface area (Å²) in [6.45, 7) is 1.23. The van der Waals surface area contributed by atoms with Gasteiger partial charge in [-0.25, -0.2) is 0 Å². The Kier molecular flexibility index (Phi) is 4.63. The fourth-order valence-corrected chi connectivity index (χ4v) is 2.09. The van der Waals surface area contributed by atoms with Gasteiger partial charge in [-0.05, 0) is 25.0 Å². The van der Waals surface area contributed by atoms with E-state index in [1.54, 1.807) is 32.4 Å². The van der Waals surface area contributed by atoms with E-state index in [0.717, 1.165) is 19.4 Å². The molecule has 1 atom stereocenters. The Balaban J connectivity index is 2.10. The third kappa shape index (κ3) is 3.38. The van der Waals surface area contributed by atoms with E-state index in [2.05, 4.69) is 5.32 Å². The highest BCUT2D eigenvalue weighted by Crippen LogP contribution is 2.29. The molecule has 1 aliphatic heterocycles. The molecule has 2 rings (SSSR count). The lowest BCUT2D eigenvalue weighted by Gasteiger charge is -2.22. The molecular formula is C14H19NO4. The fraction of sp³-hybridized carbons (Fsp3) is 0.500. The summed E-state index contributed by atoms with van der Waals surface area (Å²) in [6, 6.07) is 5.31. The van der Waals surface area contributed by atoms with Gasteiger partial charge in [0.1, 0.15) is 11.5 Å². The monoisotopic (exact) mass is 265 g/mol. The predicted octanol–water partition coefficient (Wildman–Crippen LogP) is 2.07. The molecule has 5 heteroatoms. The number of ether oxygens (including phenoxy) is 3. The predicted molar refractivity (Wildman–Crippen MR) is 71.7 cm³/mol. The van der Waals surface area contributed by atoms with Crippen LogP contribution in [0.2, 0.25) is 0 Å². The number of carbonyl (C=O) groups excluding carboxylic acids is 1. The van der Waals surface area contributed by atoms with Crippen LogP contribution in [0.15, 0.2) is 18.2 Å². The van der Waals surface area contributed by atoms with Crippen molar-refractivity contribution >= 4 is 11.6 Å². The number of benzene rings is 1. The lowest BCUT2D eigenvalue weighted by atomic mass is 10.0. The van der Waals surface area contributed by atoms with Gasteiger partial charge in [0.05, 0.1) is 32.4 Å². The van der Waals surface area contributed by atoms with E-state index in [4.69, 9.17) is 14.2 Å². The van der Waals surface area contributed by atoms with Crippen molar-refractivity contribution in [3.05, 3.63) is 18.2 Å². The minimum atomic E-state index is -0.0929. The molecule has 5 nitrogen and oxygen atoms in total. The first-order valence-corrected chi connectivity index (χ1v) is 6.35. The Morgan fingerprint density at radius 3 is 2.84 bits per heavy atom. The molecule has 0 spiro atoms. The largest absolute Gasteiger partial charge is 0.497 e. The van der Waals surface area contributed by atoms with E-state index in [1.807, 2.05) is 0 Å². The maximum atomic E-state index is 12.1. The number of nitrogens with one attached hydrogen (secondary N) is 1. The first-order valence-electron chi connectivity index (χ1n) is 6.35. The van der Waals surface area contributed by atoms with Gasteiger partial charge in [-0.2, -0.15) is 0 Å². The minimum absolute atomic E-state index is 0.0359. The third-order valence-electron chi connectivity index (χ3n) is 3.20. The fourth-order valence-electron chi connectivity index (χ4n) is 2.09. The molecule has 19 heavy (non-hydrogen) atoms. The van der Waals surface area contributed by atoms with Crippen LogP contribution in [0, 0.1) is 5.92 Å². The summed E-state index contributed by atoms with van der Waals surface area (Å²) in [7, 11) is 3.16. The van der Waals surface area contributed by atoms with Gasteiger partial charge in [0, 0.05) is 12.7 Å². The van der Waals surface area contributed by atoms with Crippen LogP contribution in [0.4, 0.5) is 5.69 Å². The van der Waals surface area contributed by atoms with Gasteiger partial charge >= 0.3 is 0 Å². The number of hydrogen-bond acceptors (Lipinski definition) is 4. The number of hydrogen-bond donors (Lipinski definition) is 1. The van der Waals surface area contributed by atoms with Crippen LogP contribution in [0.3, 0.4) is 0 Å². The van der Waals surface area contributed by atoms with Crippen molar-refractivity contribution in [1.29, 1.82) is 0 Å². The number of methoxy groups -OCH3 is 2. The Morgan fingerprint density at radius 2 is 2.21 bits per heavy atom. The number of anilines is 1. The van der Waals surface area contributed by atoms with Crippen LogP contribution in [-0.2, 0) is 9.53 Å². The molecule has 1 amide bonds. The molecule has 1 unspecified atom stereocenters. The number of carbonyl (C=O) groups is 1. The van der Waals surface area contributed by atoms with E-state index < -0.39 is 0 Å². The average Bonchev–Trinajstić information content (AvgIpc) is 2.48. The maximum Gasteiger partial charge on any atom is 0.229 e. The van der Waals surface area contributed by atoms with E-state index in [9.17, 15) is 4.79 Å². The standard InChI is InChI=1S/C14H19NO4/c1-17-11-5-6-13(18-2)12(8-11)15-14(16)10-4-3-7-19-9-10/h5-6,8,10H,3-4,7,9H2,1-2H3,(H,15,16). The molecule has 0 saturated carbocycles. The van der Waals surface area contributed by atoms with E-state index in [-0.39, 0.29) is 11.8 Å². The van der Waals surface area contributed by atoms with Gasteiger partial charge in [-0.1, -0.05) is 0 Å². The van der Waals surface area contributed by atoms with Crippen LogP contribution in [0.5, 0.6) is 11.5 Å². The lowest BCUT2D eigenvalue weighted by molar-refractivity contribution is -0.123. The molecule has 0 aliphatic carbocycles. The second kappa shape index (κ2) is 6.43. The van der Waals surface area contributed by atoms with Crippen LogP contribution in [-0.4, -0.2) is 33.3 Å². The van der Waals surface area contributed by atoms with E-state index in [0.29, 0.717) is 23.8 Å². The SMILES string of the molecule is COc1ccc(OC)c(NC(=O)C2CCCOC2)c1. The van der Waals surface area contributed by atoms with Crippen molar-refractivity contribution in [3.8, 4) is 11.5 Å². The van der Waals surface area contributed by atoms with Crippen molar-refractivity contribution in [1.82, 2.24) is 0 Å². The first-order chi connectivity index (χ1) is 9.24. The van der Waals surface area contributed by atoms with Crippen molar-refractivity contribution in [2.45, 2.75) is 12.8 Å².